The molecule has 0 aromatic heterocycles. The SMILES string of the molecule is CN1C(=Cc2c(O)c(=O)c2=O)C(C)(C)c2cc(COO)ccc21. The number of aromatic hydroxyl groups is 1. The smallest absolute Gasteiger partial charge is 0.268 e. The van der Waals surface area contributed by atoms with E-state index in [2.05, 4.69) is 4.89 Å². The maximum absolute atomic E-state index is 11.6. The Balaban J connectivity index is 2.12. The van der Waals surface area contributed by atoms with Gasteiger partial charge >= 0.3 is 0 Å². The summed E-state index contributed by atoms with van der Waals surface area (Å²) in [5, 5.41) is 18.2. The summed E-state index contributed by atoms with van der Waals surface area (Å²) in [6.07, 6.45) is 1.57. The molecule has 0 saturated carbocycles. The van der Waals surface area contributed by atoms with Crippen LogP contribution in [0.4, 0.5) is 5.69 Å². The van der Waals surface area contributed by atoms with E-state index < -0.39 is 22.0 Å². The molecule has 0 aliphatic carbocycles. The molecule has 0 radical (unpaired) electrons. The van der Waals surface area contributed by atoms with Gasteiger partial charge in [0, 0.05) is 23.8 Å². The lowest BCUT2D eigenvalue weighted by Crippen LogP contribution is -2.33. The van der Waals surface area contributed by atoms with Crippen LogP contribution in [-0.4, -0.2) is 17.4 Å². The number of rotatable bonds is 3. The van der Waals surface area contributed by atoms with Gasteiger partial charge in [0.1, 0.15) is 6.61 Å². The normalized spacial score (nSPS) is 17.9. The van der Waals surface area contributed by atoms with Gasteiger partial charge in [-0.3, -0.25) is 14.8 Å². The highest BCUT2D eigenvalue weighted by atomic mass is 17.1. The molecule has 1 aliphatic heterocycles. The summed E-state index contributed by atoms with van der Waals surface area (Å²) in [6.45, 7) is 4.08. The second-order valence-electron chi connectivity index (χ2n) is 6.26. The van der Waals surface area contributed by atoms with Crippen LogP contribution in [0.3, 0.4) is 0 Å². The molecule has 0 unspecified atom stereocenters. The van der Waals surface area contributed by atoms with Crippen LogP contribution in [0.2, 0.25) is 0 Å². The van der Waals surface area contributed by atoms with E-state index in [4.69, 9.17) is 5.26 Å². The van der Waals surface area contributed by atoms with Crippen LogP contribution in [0, 0.1) is 0 Å². The molecule has 120 valence electrons. The van der Waals surface area contributed by atoms with E-state index in [0.717, 1.165) is 22.5 Å². The Hall–Kier alpha value is -2.44. The molecular formula is C17H17NO5. The summed E-state index contributed by atoms with van der Waals surface area (Å²) < 4.78 is 0. The number of nitrogens with zero attached hydrogens (tertiary/aromatic N) is 1. The minimum atomic E-state index is -0.838. The largest absolute Gasteiger partial charge is 0.504 e. The second-order valence-corrected chi connectivity index (χ2v) is 6.26. The van der Waals surface area contributed by atoms with Crippen molar-refractivity contribution in [2.75, 3.05) is 11.9 Å². The molecule has 0 atom stereocenters. The van der Waals surface area contributed by atoms with E-state index in [-0.39, 0.29) is 12.2 Å². The monoisotopic (exact) mass is 315 g/mol. The van der Waals surface area contributed by atoms with E-state index in [1.165, 1.54) is 0 Å². The average Bonchev–Trinajstić information content (AvgIpc) is 2.71. The van der Waals surface area contributed by atoms with Crippen molar-refractivity contribution < 1.29 is 15.3 Å². The number of fused-ring (bicyclic) bond motifs is 1. The first kappa shape index (κ1) is 15.5. The highest BCUT2D eigenvalue weighted by Gasteiger charge is 2.39. The van der Waals surface area contributed by atoms with Gasteiger partial charge in [-0.2, -0.15) is 0 Å². The number of anilines is 1. The van der Waals surface area contributed by atoms with E-state index in [1.807, 2.05) is 44.0 Å². The third-order valence-electron chi connectivity index (χ3n) is 4.53. The molecule has 2 aromatic carbocycles. The molecule has 0 amide bonds. The van der Waals surface area contributed by atoms with Gasteiger partial charge in [0.15, 0.2) is 5.75 Å². The maximum Gasteiger partial charge on any atom is 0.268 e. The Morgan fingerprint density at radius 2 is 1.96 bits per heavy atom. The van der Waals surface area contributed by atoms with Gasteiger partial charge in [-0.25, -0.2) is 4.89 Å². The summed E-state index contributed by atoms with van der Waals surface area (Å²) in [7, 11) is 1.87. The van der Waals surface area contributed by atoms with Crippen molar-refractivity contribution in [1.82, 2.24) is 0 Å². The van der Waals surface area contributed by atoms with Crippen LogP contribution in [0.25, 0.3) is 6.08 Å². The van der Waals surface area contributed by atoms with E-state index in [1.54, 1.807) is 6.08 Å². The third-order valence-corrected chi connectivity index (χ3v) is 4.53. The fourth-order valence-electron chi connectivity index (χ4n) is 3.17. The fraction of sp³-hybridized carbons (Fsp3) is 0.294. The molecule has 0 saturated heterocycles. The first-order valence-corrected chi connectivity index (χ1v) is 7.17. The highest BCUT2D eigenvalue weighted by Crippen LogP contribution is 2.48. The zero-order valence-corrected chi connectivity index (χ0v) is 13.1. The zero-order chi connectivity index (χ0) is 16.9. The van der Waals surface area contributed by atoms with Crippen LogP contribution >= 0.6 is 0 Å². The quantitative estimate of drug-likeness (QED) is 0.510. The first-order chi connectivity index (χ1) is 10.8. The highest BCUT2D eigenvalue weighted by molar-refractivity contribution is 5.77. The average molecular weight is 315 g/mol. The van der Waals surface area contributed by atoms with Crippen molar-refractivity contribution in [3.8, 4) is 5.75 Å². The lowest BCUT2D eigenvalue weighted by Gasteiger charge is -2.24. The van der Waals surface area contributed by atoms with Crippen LogP contribution in [0.15, 0.2) is 33.5 Å². The lowest BCUT2D eigenvalue weighted by atomic mass is 9.82. The van der Waals surface area contributed by atoms with Gasteiger partial charge in [-0.05, 0) is 23.3 Å². The topological polar surface area (TPSA) is 87.1 Å². The number of hydrogen-bond acceptors (Lipinski definition) is 6. The molecule has 0 spiro atoms. The van der Waals surface area contributed by atoms with Crippen LogP contribution in [-0.2, 0) is 16.9 Å². The van der Waals surface area contributed by atoms with E-state index in [0.29, 0.717) is 0 Å². The number of hydrogen-bond donors (Lipinski definition) is 2. The second kappa shape index (κ2) is 5.04. The van der Waals surface area contributed by atoms with E-state index in [9.17, 15) is 14.7 Å². The first-order valence-electron chi connectivity index (χ1n) is 7.17. The number of allylic oxidation sites excluding steroid dienone is 1. The Morgan fingerprint density at radius 3 is 2.57 bits per heavy atom. The third kappa shape index (κ3) is 2.10. The van der Waals surface area contributed by atoms with Gasteiger partial charge in [0.05, 0.1) is 5.56 Å². The van der Waals surface area contributed by atoms with Crippen molar-refractivity contribution in [1.29, 1.82) is 0 Å². The number of benzene rings is 1. The van der Waals surface area contributed by atoms with Crippen molar-refractivity contribution in [3.05, 3.63) is 61.0 Å². The Bertz CT molecular complexity index is 887. The van der Waals surface area contributed by atoms with Gasteiger partial charge in [-0.1, -0.05) is 26.0 Å². The molecule has 6 nitrogen and oxygen atoms in total. The zero-order valence-electron chi connectivity index (χ0n) is 13.1. The van der Waals surface area contributed by atoms with Crippen molar-refractivity contribution in [2.24, 2.45) is 0 Å². The van der Waals surface area contributed by atoms with Crippen LogP contribution in [0.1, 0.15) is 30.5 Å². The minimum absolute atomic E-state index is 0.0525. The van der Waals surface area contributed by atoms with Crippen molar-refractivity contribution in [2.45, 2.75) is 25.9 Å². The molecule has 2 aromatic rings. The van der Waals surface area contributed by atoms with E-state index >= 15 is 0 Å². The fourth-order valence-corrected chi connectivity index (χ4v) is 3.17. The molecule has 0 bridgehead atoms. The molecule has 6 heteroatoms. The lowest BCUT2D eigenvalue weighted by molar-refractivity contribution is -0.253. The molecule has 2 N–H and O–H groups in total. The predicted octanol–water partition coefficient (Wildman–Crippen LogP) is 1.75. The maximum atomic E-state index is 11.6. The van der Waals surface area contributed by atoms with Crippen molar-refractivity contribution >= 4 is 11.8 Å². The van der Waals surface area contributed by atoms with Crippen LogP contribution < -0.4 is 15.8 Å². The Labute approximate surface area is 132 Å². The summed E-state index contributed by atoms with van der Waals surface area (Å²) in [5.74, 6) is -0.475. The number of likely N-dealkylation sites (N-methyl/N-ethyl adjacent to an activating group) is 1. The summed E-state index contributed by atoms with van der Waals surface area (Å²) >= 11 is 0. The van der Waals surface area contributed by atoms with Crippen LogP contribution in [0.5, 0.6) is 5.75 Å². The molecule has 1 aliphatic rings. The summed E-state index contributed by atoms with van der Waals surface area (Å²) in [5.41, 5.74) is 1.72. The summed E-state index contributed by atoms with van der Waals surface area (Å²) in [6, 6.07) is 5.69. The molecule has 0 fully saturated rings. The van der Waals surface area contributed by atoms with Gasteiger partial charge in [0.25, 0.3) is 5.43 Å². The standard InChI is InChI=1S/C17H17NO5/c1-17(2)11-6-9(8-23-22)4-5-12(11)18(3)13(17)7-10-14(19)16(21)15(10)20/h4-7,19,22H,8H2,1-3H3. The predicted molar refractivity (Wildman–Crippen MR) is 86.3 cm³/mol. The molecule has 1 heterocycles. The molecule has 23 heavy (non-hydrogen) atoms. The van der Waals surface area contributed by atoms with Gasteiger partial charge < -0.3 is 10.0 Å². The minimum Gasteiger partial charge on any atom is -0.504 e. The van der Waals surface area contributed by atoms with Gasteiger partial charge in [0.2, 0.25) is 5.43 Å². The Morgan fingerprint density at radius 1 is 1.26 bits per heavy atom. The Kier molecular flexibility index (Phi) is 3.39. The van der Waals surface area contributed by atoms with Gasteiger partial charge in [-0.15, -0.1) is 0 Å². The summed E-state index contributed by atoms with van der Waals surface area (Å²) in [4.78, 5) is 28.9. The molecular weight excluding hydrogens is 298 g/mol. The van der Waals surface area contributed by atoms with Crippen molar-refractivity contribution in [3.63, 3.8) is 0 Å². The molecule has 3 rings (SSSR count).